The van der Waals surface area contributed by atoms with Crippen molar-refractivity contribution in [3.05, 3.63) is 23.4 Å². The molecule has 0 aromatic heterocycles. The summed E-state index contributed by atoms with van der Waals surface area (Å²) in [5, 5.41) is 11.1. The minimum atomic E-state index is 0.155. The van der Waals surface area contributed by atoms with Gasteiger partial charge >= 0.3 is 0 Å². The molecule has 2 aliphatic rings. The van der Waals surface area contributed by atoms with Crippen molar-refractivity contribution >= 4 is 12.4 Å². The molecule has 0 aromatic rings. The fourth-order valence-electron chi connectivity index (χ4n) is 3.10. The summed E-state index contributed by atoms with van der Waals surface area (Å²) in [7, 11) is 3.54. The molecule has 1 saturated heterocycles. The van der Waals surface area contributed by atoms with E-state index in [1.807, 2.05) is 18.1 Å². The number of nitriles is 1. The maximum atomic E-state index is 9.21. The Morgan fingerprint density at radius 1 is 1.64 bits per heavy atom. The van der Waals surface area contributed by atoms with Crippen LogP contribution in [0.4, 0.5) is 0 Å². The monoisotopic (exact) mass is 300 g/mol. The number of nitrogens with zero attached hydrogens (tertiary/aromatic N) is 3. The Morgan fingerprint density at radius 3 is 3.00 bits per heavy atom. The molecule has 1 unspecified atom stereocenters. The van der Waals surface area contributed by atoms with Crippen molar-refractivity contribution in [2.45, 2.75) is 45.8 Å². The van der Waals surface area contributed by atoms with Crippen molar-refractivity contribution < 1.29 is 4.74 Å². The third kappa shape index (κ3) is 3.36. The molecule has 6 heteroatoms. The van der Waals surface area contributed by atoms with Crippen molar-refractivity contribution in [2.24, 2.45) is 10.9 Å². The third-order valence-electron chi connectivity index (χ3n) is 4.56. The molecule has 1 N–H and O–H groups in total. The zero-order chi connectivity index (χ0) is 16.1. The normalized spacial score (nSPS) is 24.4. The van der Waals surface area contributed by atoms with Crippen LogP contribution in [-0.4, -0.2) is 31.6 Å². The maximum Gasteiger partial charge on any atom is 0.268 e. The number of hydrogen-bond donors (Lipinski definition) is 1. The van der Waals surface area contributed by atoms with E-state index in [9.17, 15) is 5.26 Å². The van der Waals surface area contributed by atoms with Crippen molar-refractivity contribution in [1.82, 2.24) is 10.4 Å². The van der Waals surface area contributed by atoms with E-state index in [0.29, 0.717) is 5.92 Å². The van der Waals surface area contributed by atoms with Crippen molar-refractivity contribution in [3.63, 3.8) is 0 Å². The van der Waals surface area contributed by atoms with Crippen LogP contribution in [0.1, 0.15) is 33.1 Å². The van der Waals surface area contributed by atoms with Gasteiger partial charge in [0.15, 0.2) is 0 Å². The third-order valence-corrected chi connectivity index (χ3v) is 4.56. The number of hydrogen-bond acceptors (Lipinski definition) is 5. The van der Waals surface area contributed by atoms with E-state index in [0.717, 1.165) is 49.3 Å². The van der Waals surface area contributed by atoms with Gasteiger partial charge in [0.25, 0.3) is 6.71 Å². The molecule has 1 atom stereocenters. The first kappa shape index (κ1) is 16.6. The summed E-state index contributed by atoms with van der Waals surface area (Å²) in [5.41, 5.74) is 5.39. The van der Waals surface area contributed by atoms with Gasteiger partial charge in [-0.3, -0.25) is 0 Å². The number of methoxy groups -OCH3 is 1. The van der Waals surface area contributed by atoms with Crippen molar-refractivity contribution in [1.29, 1.82) is 5.26 Å². The van der Waals surface area contributed by atoms with E-state index in [1.165, 1.54) is 5.57 Å². The molecule has 0 saturated carbocycles. The zero-order valence-corrected chi connectivity index (χ0v) is 14.0. The minimum absolute atomic E-state index is 0.155. The van der Waals surface area contributed by atoms with Gasteiger partial charge in [-0.25, -0.2) is 20.7 Å². The molecule has 2 rings (SSSR count). The number of nitrogens with one attached hydrogen (secondary N) is 1. The molecule has 0 aliphatic carbocycles. The topological polar surface area (TPSA) is 60.6 Å². The summed E-state index contributed by atoms with van der Waals surface area (Å²) in [5.74, 6) is 4.44. The summed E-state index contributed by atoms with van der Waals surface area (Å²) in [6, 6.07) is 0. The molecular formula is C16H25BN4O. The maximum absolute atomic E-state index is 9.21. The average molecular weight is 300 g/mol. The second-order valence-electron chi connectivity index (χ2n) is 5.93. The highest BCUT2D eigenvalue weighted by Gasteiger charge is 2.31. The lowest BCUT2D eigenvalue weighted by Gasteiger charge is -2.32. The molecule has 0 spiro atoms. The van der Waals surface area contributed by atoms with Crippen LogP contribution < -0.4 is 5.43 Å². The van der Waals surface area contributed by atoms with Gasteiger partial charge in [-0.05, 0) is 31.3 Å². The van der Waals surface area contributed by atoms with Crippen LogP contribution in [0.15, 0.2) is 28.3 Å². The average Bonchev–Trinajstić information content (AvgIpc) is 2.59. The predicted octanol–water partition coefficient (Wildman–Crippen LogP) is 2.97. The quantitative estimate of drug-likeness (QED) is 0.811. The highest BCUT2D eigenvalue weighted by molar-refractivity contribution is 6.67. The summed E-state index contributed by atoms with van der Waals surface area (Å²) in [4.78, 5) is 4.89. The van der Waals surface area contributed by atoms with Crippen molar-refractivity contribution in [2.75, 3.05) is 14.2 Å². The number of rotatable bonds is 4. The van der Waals surface area contributed by atoms with Crippen LogP contribution >= 0.6 is 0 Å². The first-order chi connectivity index (χ1) is 10.6. The van der Waals surface area contributed by atoms with Gasteiger partial charge in [0.2, 0.25) is 5.88 Å². The lowest BCUT2D eigenvalue weighted by molar-refractivity contribution is 0.145. The summed E-state index contributed by atoms with van der Waals surface area (Å²) >= 11 is 0. The first-order valence-corrected chi connectivity index (χ1v) is 8.05. The van der Waals surface area contributed by atoms with Gasteiger partial charge < -0.3 is 4.74 Å². The molecule has 0 amide bonds. The second kappa shape index (κ2) is 7.50. The van der Waals surface area contributed by atoms with E-state index in [4.69, 9.17) is 9.73 Å². The van der Waals surface area contributed by atoms with Crippen LogP contribution in [0.2, 0.25) is 12.6 Å². The van der Waals surface area contributed by atoms with E-state index in [1.54, 1.807) is 7.11 Å². The van der Waals surface area contributed by atoms with Gasteiger partial charge in [-0.1, -0.05) is 26.0 Å². The van der Waals surface area contributed by atoms with E-state index in [-0.39, 0.29) is 6.71 Å². The largest absolute Gasteiger partial charge is 0.481 e. The van der Waals surface area contributed by atoms with Crippen molar-refractivity contribution in [3.8, 4) is 5.97 Å². The first-order valence-electron chi connectivity index (χ1n) is 8.05. The second-order valence-corrected chi connectivity index (χ2v) is 5.93. The molecule has 5 nitrogen and oxygen atoms in total. The van der Waals surface area contributed by atoms with Crippen LogP contribution in [-0.2, 0) is 4.74 Å². The van der Waals surface area contributed by atoms with E-state index >= 15 is 0 Å². The van der Waals surface area contributed by atoms with Crippen LogP contribution in [0.5, 0.6) is 0 Å². The van der Waals surface area contributed by atoms with E-state index < -0.39 is 0 Å². The smallest absolute Gasteiger partial charge is 0.268 e. The molecule has 118 valence electrons. The number of allylic oxidation sites excluding steroid dienone is 2. The van der Waals surface area contributed by atoms with Crippen LogP contribution in [0.3, 0.4) is 0 Å². The lowest BCUT2D eigenvalue weighted by Crippen LogP contribution is -2.38. The Bertz CT molecular complexity index is 547. The molecule has 22 heavy (non-hydrogen) atoms. The molecule has 0 aromatic carbocycles. The standard InChI is InChI=1S/C16H25BN4O/c1-5-12(2)16-20-14(9-15(22-4)21(16)19-3)13-7-6-8-17(10-13)11-18/h9,13,19H,5-8,10H2,1-4H3/b16-12+. The van der Waals surface area contributed by atoms with Crippen LogP contribution in [0.25, 0.3) is 0 Å². The summed E-state index contributed by atoms with van der Waals surface area (Å²) in [6.07, 6.45) is 7.06. The zero-order valence-electron chi connectivity index (χ0n) is 14.0. The van der Waals surface area contributed by atoms with Gasteiger partial charge in [-0.15, -0.1) is 0 Å². The molecular weight excluding hydrogens is 275 g/mol. The Labute approximate surface area is 133 Å². The highest BCUT2D eigenvalue weighted by Crippen LogP contribution is 2.31. The summed E-state index contributed by atoms with van der Waals surface area (Å²) in [6.45, 7) is 4.38. The minimum Gasteiger partial charge on any atom is -0.481 e. The van der Waals surface area contributed by atoms with Crippen LogP contribution in [0, 0.1) is 17.1 Å². The van der Waals surface area contributed by atoms with Gasteiger partial charge in [0.05, 0.1) is 12.8 Å². The Morgan fingerprint density at radius 2 is 2.41 bits per heavy atom. The lowest BCUT2D eigenvalue weighted by atomic mass is 9.40. The Balaban J connectivity index is 2.36. The molecule has 1 fully saturated rings. The van der Waals surface area contributed by atoms with Gasteiger partial charge in [0, 0.05) is 19.1 Å². The van der Waals surface area contributed by atoms with Gasteiger partial charge in [0.1, 0.15) is 5.82 Å². The SMILES string of the molecule is CC/C(C)=C1\N=C(C2CCCB(C#N)C2)C=C(OC)N1NC. The highest BCUT2D eigenvalue weighted by atomic mass is 16.5. The van der Waals surface area contributed by atoms with Gasteiger partial charge in [-0.2, -0.15) is 0 Å². The molecule has 0 bridgehead atoms. The Kier molecular flexibility index (Phi) is 5.67. The number of hydrazine groups is 1. The number of aliphatic imine (C=N–C) groups is 1. The number of ether oxygens (including phenoxy) is 1. The predicted molar refractivity (Wildman–Crippen MR) is 90.1 cm³/mol. The fourth-order valence-corrected chi connectivity index (χ4v) is 3.10. The van der Waals surface area contributed by atoms with E-state index in [2.05, 4.69) is 25.2 Å². The Hall–Kier alpha value is -1.74. The molecule has 2 heterocycles. The molecule has 0 radical (unpaired) electrons. The summed E-state index contributed by atoms with van der Waals surface area (Å²) < 4.78 is 5.54. The fraction of sp³-hybridized carbons (Fsp3) is 0.625. The molecule has 2 aliphatic heterocycles.